The van der Waals surface area contributed by atoms with Crippen molar-refractivity contribution in [3.63, 3.8) is 0 Å². The molecule has 1 heterocycles. The van der Waals surface area contributed by atoms with E-state index < -0.39 is 11.9 Å². The Morgan fingerprint density at radius 2 is 1.37 bits per heavy atom. The highest BCUT2D eigenvalue weighted by Gasteiger charge is 2.08. The first kappa shape index (κ1) is 16.0. The first-order valence-corrected chi connectivity index (χ1v) is 7.43. The molecule has 0 aliphatic rings. The van der Waals surface area contributed by atoms with E-state index >= 15 is 0 Å². The van der Waals surface area contributed by atoms with Gasteiger partial charge in [0.25, 0.3) is 0 Å². The lowest BCUT2D eigenvalue weighted by atomic mass is 10.5. The van der Waals surface area contributed by atoms with E-state index in [9.17, 15) is 9.59 Å². The second-order valence-corrected chi connectivity index (χ2v) is 5.62. The van der Waals surface area contributed by atoms with E-state index in [-0.39, 0.29) is 18.1 Å². The molecule has 7 nitrogen and oxygen atoms in total. The molecule has 0 unspecified atom stereocenters. The average molecular weight is 324 g/mol. The first-order valence-electron chi connectivity index (χ1n) is 5.08. The minimum atomic E-state index is -0.899. The van der Waals surface area contributed by atoms with Crippen LogP contribution >= 0.6 is 35.1 Å². The Labute approximate surface area is 122 Å². The fourth-order valence-corrected chi connectivity index (χ4v) is 2.74. The van der Waals surface area contributed by atoms with Crippen LogP contribution in [-0.2, 0) is 9.59 Å². The molecule has 2 N–H and O–H groups in total. The normalized spacial score (nSPS) is 10.4. The van der Waals surface area contributed by atoms with Crippen LogP contribution in [0.1, 0.15) is 12.8 Å². The van der Waals surface area contributed by atoms with Gasteiger partial charge in [-0.15, -0.1) is 0 Å². The van der Waals surface area contributed by atoms with Crippen molar-refractivity contribution in [2.24, 2.45) is 0 Å². The van der Waals surface area contributed by atoms with E-state index in [4.69, 9.17) is 21.8 Å². The zero-order valence-electron chi connectivity index (χ0n) is 9.58. The fourth-order valence-electron chi connectivity index (χ4n) is 0.903. The molecule has 1 aromatic rings. The summed E-state index contributed by atoms with van der Waals surface area (Å²) in [5, 5.41) is 17.7. The van der Waals surface area contributed by atoms with E-state index in [2.05, 4.69) is 15.0 Å². The van der Waals surface area contributed by atoms with E-state index in [0.29, 0.717) is 21.8 Å². The van der Waals surface area contributed by atoms with Crippen molar-refractivity contribution in [2.45, 2.75) is 23.2 Å². The highest BCUT2D eigenvalue weighted by molar-refractivity contribution is 7.99. The van der Waals surface area contributed by atoms with Gasteiger partial charge in [-0.1, -0.05) is 23.5 Å². The molecule has 19 heavy (non-hydrogen) atoms. The molecule has 104 valence electrons. The van der Waals surface area contributed by atoms with Crippen LogP contribution in [0.15, 0.2) is 10.3 Å². The summed E-state index contributed by atoms with van der Waals surface area (Å²) in [6, 6.07) is 0. The van der Waals surface area contributed by atoms with Gasteiger partial charge in [0.05, 0.1) is 12.8 Å². The SMILES string of the molecule is O=C(O)CCSc1nc(Cl)nc(SCCC(=O)O)n1. The number of rotatable bonds is 8. The molecular weight excluding hydrogens is 314 g/mol. The number of carboxylic acid groups (broad SMARTS) is 2. The van der Waals surface area contributed by atoms with E-state index in [1.807, 2.05) is 0 Å². The summed E-state index contributed by atoms with van der Waals surface area (Å²) in [5.41, 5.74) is 0. The Morgan fingerprint density at radius 1 is 0.947 bits per heavy atom. The summed E-state index contributed by atoms with van der Waals surface area (Å²) in [7, 11) is 0. The van der Waals surface area contributed by atoms with Gasteiger partial charge in [-0.25, -0.2) is 0 Å². The molecule has 0 aromatic carbocycles. The van der Waals surface area contributed by atoms with Crippen molar-refractivity contribution in [1.29, 1.82) is 0 Å². The van der Waals surface area contributed by atoms with Crippen LogP contribution in [0.5, 0.6) is 0 Å². The molecular formula is C9H10ClN3O4S2. The van der Waals surface area contributed by atoms with Gasteiger partial charge in [0.15, 0.2) is 10.3 Å². The van der Waals surface area contributed by atoms with Crippen LogP contribution in [0, 0.1) is 0 Å². The molecule has 0 bridgehead atoms. The topological polar surface area (TPSA) is 113 Å². The van der Waals surface area contributed by atoms with Crippen molar-refractivity contribution in [1.82, 2.24) is 15.0 Å². The highest BCUT2D eigenvalue weighted by atomic mass is 35.5. The number of nitrogens with zero attached hydrogens (tertiary/aromatic N) is 3. The summed E-state index contributed by atoms with van der Waals surface area (Å²) in [6.07, 6.45) is -0.00901. The Kier molecular flexibility index (Phi) is 6.89. The van der Waals surface area contributed by atoms with Gasteiger partial charge < -0.3 is 10.2 Å². The van der Waals surface area contributed by atoms with Crippen molar-refractivity contribution >= 4 is 47.1 Å². The van der Waals surface area contributed by atoms with Crippen molar-refractivity contribution in [2.75, 3.05) is 11.5 Å². The van der Waals surface area contributed by atoms with Gasteiger partial charge in [-0.2, -0.15) is 15.0 Å². The summed E-state index contributed by atoms with van der Waals surface area (Å²) in [4.78, 5) is 32.5. The lowest BCUT2D eigenvalue weighted by molar-refractivity contribution is -0.137. The Hall–Kier alpha value is -1.06. The molecule has 0 aliphatic carbocycles. The third-order valence-corrected chi connectivity index (χ3v) is 3.53. The maximum atomic E-state index is 10.4. The van der Waals surface area contributed by atoms with Crippen LogP contribution in [0.25, 0.3) is 0 Å². The van der Waals surface area contributed by atoms with E-state index in [1.165, 1.54) is 0 Å². The predicted octanol–water partition coefficient (Wildman–Crippen LogP) is 1.66. The lowest BCUT2D eigenvalue weighted by Gasteiger charge is -2.02. The zero-order valence-corrected chi connectivity index (χ0v) is 12.0. The highest BCUT2D eigenvalue weighted by Crippen LogP contribution is 2.21. The molecule has 0 radical (unpaired) electrons. The molecule has 10 heteroatoms. The number of carbonyl (C=O) groups is 2. The number of aliphatic carboxylic acids is 2. The fraction of sp³-hybridized carbons (Fsp3) is 0.444. The lowest BCUT2D eigenvalue weighted by Crippen LogP contribution is -2.00. The Bertz CT molecular complexity index is 437. The molecule has 0 fully saturated rings. The monoisotopic (exact) mass is 323 g/mol. The third kappa shape index (κ3) is 7.19. The molecule has 0 atom stereocenters. The largest absolute Gasteiger partial charge is 0.481 e. The number of carboxylic acids is 2. The number of hydrogen-bond acceptors (Lipinski definition) is 7. The van der Waals surface area contributed by atoms with Gasteiger partial charge in [-0.3, -0.25) is 9.59 Å². The summed E-state index contributed by atoms with van der Waals surface area (Å²) in [6.45, 7) is 0. The average Bonchev–Trinajstić information content (AvgIpc) is 2.27. The number of thioether (sulfide) groups is 2. The molecule has 1 aromatic heterocycles. The van der Waals surface area contributed by atoms with Crippen LogP contribution in [-0.4, -0.2) is 48.6 Å². The molecule has 0 saturated carbocycles. The molecule has 0 spiro atoms. The predicted molar refractivity (Wildman–Crippen MR) is 70.8 cm³/mol. The summed E-state index contributed by atoms with van der Waals surface area (Å²) < 4.78 is 0. The standard InChI is InChI=1S/C9H10ClN3O4S2/c10-7-11-8(18-3-1-5(14)15)13-9(12-7)19-4-2-6(16)17/h1-4H2,(H,14,15)(H,16,17). The number of aromatic nitrogens is 3. The minimum Gasteiger partial charge on any atom is -0.481 e. The first-order chi connectivity index (χ1) is 8.97. The maximum Gasteiger partial charge on any atom is 0.304 e. The van der Waals surface area contributed by atoms with Crippen molar-refractivity contribution < 1.29 is 19.8 Å². The van der Waals surface area contributed by atoms with Gasteiger partial charge in [0.2, 0.25) is 5.28 Å². The van der Waals surface area contributed by atoms with Gasteiger partial charge >= 0.3 is 11.9 Å². The zero-order chi connectivity index (χ0) is 14.3. The summed E-state index contributed by atoms with van der Waals surface area (Å²) in [5.74, 6) is -1.14. The quantitative estimate of drug-likeness (QED) is 0.689. The van der Waals surface area contributed by atoms with Crippen LogP contribution in [0.4, 0.5) is 0 Å². The molecule has 0 saturated heterocycles. The smallest absolute Gasteiger partial charge is 0.304 e. The van der Waals surface area contributed by atoms with E-state index in [1.54, 1.807) is 0 Å². The maximum absolute atomic E-state index is 10.4. The third-order valence-electron chi connectivity index (χ3n) is 1.66. The molecule has 0 amide bonds. The van der Waals surface area contributed by atoms with Crippen LogP contribution in [0.2, 0.25) is 5.28 Å². The second-order valence-electron chi connectivity index (χ2n) is 3.15. The Balaban J connectivity index is 2.55. The number of halogens is 1. The molecule has 1 rings (SSSR count). The Morgan fingerprint density at radius 3 is 1.74 bits per heavy atom. The van der Waals surface area contributed by atoms with E-state index in [0.717, 1.165) is 23.5 Å². The summed E-state index contributed by atoms with van der Waals surface area (Å²) >= 11 is 8.03. The number of hydrogen-bond donors (Lipinski definition) is 2. The van der Waals surface area contributed by atoms with Gasteiger partial charge in [0, 0.05) is 11.5 Å². The van der Waals surface area contributed by atoms with Gasteiger partial charge in [-0.05, 0) is 11.6 Å². The molecule has 0 aliphatic heterocycles. The van der Waals surface area contributed by atoms with Crippen molar-refractivity contribution in [3.05, 3.63) is 5.28 Å². The van der Waals surface area contributed by atoms with Crippen LogP contribution in [0.3, 0.4) is 0 Å². The van der Waals surface area contributed by atoms with Gasteiger partial charge in [0.1, 0.15) is 0 Å². The second kappa shape index (κ2) is 8.18. The minimum absolute atomic E-state index is 0.00450. The van der Waals surface area contributed by atoms with Crippen LogP contribution < -0.4 is 0 Å². The van der Waals surface area contributed by atoms with Crippen molar-refractivity contribution in [3.8, 4) is 0 Å².